The summed E-state index contributed by atoms with van der Waals surface area (Å²) in [7, 11) is 0. The van der Waals surface area contributed by atoms with Gasteiger partial charge in [0.25, 0.3) is 0 Å². The Labute approximate surface area is 160 Å². The van der Waals surface area contributed by atoms with Gasteiger partial charge in [-0.3, -0.25) is 14.5 Å². The number of carboxylic acids is 1. The highest BCUT2D eigenvalue weighted by Gasteiger charge is 2.31. The number of rotatable bonds is 5. The number of ketones is 1. The Kier molecular flexibility index (Phi) is 5.51. The third-order valence-electron chi connectivity index (χ3n) is 5.48. The first-order valence-corrected chi connectivity index (χ1v) is 9.50. The van der Waals surface area contributed by atoms with Gasteiger partial charge in [0.1, 0.15) is 0 Å². The summed E-state index contributed by atoms with van der Waals surface area (Å²) >= 11 is 0. The largest absolute Gasteiger partial charge is 0.481 e. The number of piperidine rings is 1. The molecule has 1 fully saturated rings. The lowest BCUT2D eigenvalue weighted by atomic mass is 9.90. The van der Waals surface area contributed by atoms with Crippen LogP contribution in [-0.2, 0) is 4.79 Å². The standard InChI is InChI=1S/C22H28N2O3/c1-14-5-7-19(8-6-14)24-16(3)10-20(17(24)4)21(25)13-23-11-15(2)9-18(12-23)22(26)27/h5-8,10,15,18H,9,11-13H2,1-4H3,(H,26,27). The molecular formula is C22H28N2O3. The Morgan fingerprint density at radius 3 is 2.41 bits per heavy atom. The first-order chi connectivity index (χ1) is 12.8. The molecule has 1 aliphatic heterocycles. The van der Waals surface area contributed by atoms with Gasteiger partial charge >= 0.3 is 5.97 Å². The molecule has 1 aromatic carbocycles. The molecular weight excluding hydrogens is 340 g/mol. The van der Waals surface area contributed by atoms with Crippen molar-refractivity contribution in [3.05, 3.63) is 52.8 Å². The maximum Gasteiger partial charge on any atom is 0.307 e. The molecule has 5 nitrogen and oxygen atoms in total. The highest BCUT2D eigenvalue weighted by Crippen LogP contribution is 2.24. The third kappa shape index (κ3) is 4.14. The van der Waals surface area contributed by atoms with Gasteiger partial charge in [0.2, 0.25) is 0 Å². The minimum atomic E-state index is -0.767. The molecule has 2 unspecified atom stereocenters. The molecule has 1 saturated heterocycles. The number of carboxylic acid groups (broad SMARTS) is 1. The zero-order valence-electron chi connectivity index (χ0n) is 16.5. The molecule has 0 spiro atoms. The first kappa shape index (κ1) is 19.4. The number of aryl methyl sites for hydroxylation is 2. The van der Waals surface area contributed by atoms with E-state index in [2.05, 4.69) is 42.7 Å². The normalized spacial score (nSPS) is 20.6. The molecule has 2 aromatic rings. The van der Waals surface area contributed by atoms with Crippen LogP contribution in [0.3, 0.4) is 0 Å². The Morgan fingerprint density at radius 2 is 1.78 bits per heavy atom. The van der Waals surface area contributed by atoms with E-state index in [1.165, 1.54) is 5.56 Å². The molecule has 1 N–H and O–H groups in total. The van der Waals surface area contributed by atoms with E-state index in [1.54, 1.807) is 0 Å². The van der Waals surface area contributed by atoms with Crippen LogP contribution >= 0.6 is 0 Å². The highest BCUT2D eigenvalue weighted by atomic mass is 16.4. The molecule has 0 amide bonds. The van der Waals surface area contributed by atoms with Gasteiger partial charge in [-0.1, -0.05) is 24.6 Å². The predicted molar refractivity (Wildman–Crippen MR) is 106 cm³/mol. The van der Waals surface area contributed by atoms with Crippen molar-refractivity contribution in [1.29, 1.82) is 0 Å². The van der Waals surface area contributed by atoms with Crippen molar-refractivity contribution in [1.82, 2.24) is 9.47 Å². The fourth-order valence-electron chi connectivity index (χ4n) is 4.19. The molecule has 144 valence electrons. The van der Waals surface area contributed by atoms with E-state index in [0.29, 0.717) is 13.0 Å². The zero-order chi connectivity index (χ0) is 19.7. The maximum atomic E-state index is 13.0. The number of likely N-dealkylation sites (tertiary alicyclic amines) is 1. The van der Waals surface area contributed by atoms with Gasteiger partial charge in [0.15, 0.2) is 5.78 Å². The van der Waals surface area contributed by atoms with Crippen LogP contribution in [0.25, 0.3) is 5.69 Å². The first-order valence-electron chi connectivity index (χ1n) is 9.50. The van der Waals surface area contributed by atoms with E-state index in [-0.39, 0.29) is 24.2 Å². The smallest absolute Gasteiger partial charge is 0.307 e. The minimum Gasteiger partial charge on any atom is -0.481 e. The maximum absolute atomic E-state index is 13.0. The molecule has 27 heavy (non-hydrogen) atoms. The number of carbonyl (C=O) groups excluding carboxylic acids is 1. The molecule has 3 rings (SSSR count). The van der Waals surface area contributed by atoms with Crippen molar-refractivity contribution >= 4 is 11.8 Å². The average Bonchev–Trinajstić information content (AvgIpc) is 2.90. The van der Waals surface area contributed by atoms with Crippen LogP contribution in [0.4, 0.5) is 0 Å². The molecule has 1 aliphatic rings. The lowest BCUT2D eigenvalue weighted by Crippen LogP contribution is -2.44. The Bertz CT molecular complexity index is 851. The summed E-state index contributed by atoms with van der Waals surface area (Å²) in [4.78, 5) is 26.3. The second kappa shape index (κ2) is 7.69. The fraction of sp³-hybridized carbons (Fsp3) is 0.455. The lowest BCUT2D eigenvalue weighted by Gasteiger charge is -2.34. The summed E-state index contributed by atoms with van der Waals surface area (Å²) in [5.74, 6) is -0.814. The van der Waals surface area contributed by atoms with Gasteiger partial charge < -0.3 is 9.67 Å². The fourth-order valence-corrected chi connectivity index (χ4v) is 4.19. The molecule has 0 aliphatic carbocycles. The van der Waals surface area contributed by atoms with Crippen molar-refractivity contribution in [2.24, 2.45) is 11.8 Å². The SMILES string of the molecule is Cc1ccc(-n2c(C)cc(C(=O)CN3CC(C)CC(C(=O)O)C3)c2C)cc1. The van der Waals surface area contributed by atoms with Crippen LogP contribution in [-0.4, -0.2) is 46.0 Å². The Balaban J connectivity index is 1.80. The molecule has 2 heterocycles. The number of hydrogen-bond donors (Lipinski definition) is 1. The van der Waals surface area contributed by atoms with Crippen molar-refractivity contribution in [3.8, 4) is 5.69 Å². The highest BCUT2D eigenvalue weighted by molar-refractivity contribution is 5.99. The van der Waals surface area contributed by atoms with Crippen LogP contribution in [0.1, 0.15) is 40.7 Å². The second-order valence-corrected chi connectivity index (χ2v) is 7.95. The topological polar surface area (TPSA) is 62.5 Å². The van der Waals surface area contributed by atoms with Crippen molar-refractivity contribution in [2.75, 3.05) is 19.6 Å². The van der Waals surface area contributed by atoms with E-state index < -0.39 is 5.97 Å². The quantitative estimate of drug-likeness (QED) is 0.819. The molecule has 0 bridgehead atoms. The Hall–Kier alpha value is -2.40. The van der Waals surface area contributed by atoms with Gasteiger partial charge in [-0.25, -0.2) is 0 Å². The molecule has 0 saturated carbocycles. The van der Waals surface area contributed by atoms with E-state index in [9.17, 15) is 14.7 Å². The van der Waals surface area contributed by atoms with Gasteiger partial charge in [0.05, 0.1) is 12.5 Å². The van der Waals surface area contributed by atoms with E-state index >= 15 is 0 Å². The van der Waals surface area contributed by atoms with Crippen molar-refractivity contribution in [2.45, 2.75) is 34.1 Å². The Morgan fingerprint density at radius 1 is 1.11 bits per heavy atom. The summed E-state index contributed by atoms with van der Waals surface area (Å²) in [6, 6.07) is 10.2. The van der Waals surface area contributed by atoms with Gasteiger partial charge in [-0.15, -0.1) is 0 Å². The number of carbonyl (C=O) groups is 2. The van der Waals surface area contributed by atoms with E-state index in [4.69, 9.17) is 0 Å². The lowest BCUT2D eigenvalue weighted by molar-refractivity contribution is -0.144. The van der Waals surface area contributed by atoms with Crippen LogP contribution < -0.4 is 0 Å². The number of Topliss-reactive ketones (excluding diaryl/α,β-unsaturated/α-hetero) is 1. The van der Waals surface area contributed by atoms with Crippen molar-refractivity contribution < 1.29 is 14.7 Å². The van der Waals surface area contributed by atoms with Crippen LogP contribution in [0.5, 0.6) is 0 Å². The number of aliphatic carboxylic acids is 1. The molecule has 2 atom stereocenters. The number of hydrogen-bond acceptors (Lipinski definition) is 3. The van der Waals surface area contributed by atoms with E-state index in [1.807, 2.05) is 24.8 Å². The average molecular weight is 368 g/mol. The predicted octanol–water partition coefficient (Wildman–Crippen LogP) is 3.63. The number of nitrogens with zero attached hydrogens (tertiary/aromatic N) is 2. The van der Waals surface area contributed by atoms with Crippen LogP contribution in [0.2, 0.25) is 0 Å². The van der Waals surface area contributed by atoms with Gasteiger partial charge in [-0.05, 0) is 51.3 Å². The minimum absolute atomic E-state index is 0.0553. The summed E-state index contributed by atoms with van der Waals surface area (Å²) in [5, 5.41) is 9.34. The summed E-state index contributed by atoms with van der Waals surface area (Å²) in [6.45, 7) is 9.57. The number of benzene rings is 1. The monoisotopic (exact) mass is 368 g/mol. The molecule has 1 aromatic heterocycles. The molecule has 0 radical (unpaired) electrons. The third-order valence-corrected chi connectivity index (χ3v) is 5.48. The van der Waals surface area contributed by atoms with Gasteiger partial charge in [-0.2, -0.15) is 0 Å². The van der Waals surface area contributed by atoms with Crippen LogP contribution in [0, 0.1) is 32.6 Å². The summed E-state index contributed by atoms with van der Waals surface area (Å²) in [6.07, 6.45) is 0.683. The van der Waals surface area contributed by atoms with Gasteiger partial charge in [0, 0.05) is 35.7 Å². The molecule has 5 heteroatoms. The van der Waals surface area contributed by atoms with Crippen LogP contribution in [0.15, 0.2) is 30.3 Å². The summed E-state index contributed by atoms with van der Waals surface area (Å²) < 4.78 is 2.10. The zero-order valence-corrected chi connectivity index (χ0v) is 16.5. The number of aromatic nitrogens is 1. The van der Waals surface area contributed by atoms with Crippen molar-refractivity contribution in [3.63, 3.8) is 0 Å². The second-order valence-electron chi connectivity index (χ2n) is 7.95. The summed E-state index contributed by atoms with van der Waals surface area (Å²) in [5.41, 5.74) is 4.92. The van der Waals surface area contributed by atoms with E-state index in [0.717, 1.165) is 29.2 Å².